The van der Waals surface area contributed by atoms with E-state index in [4.69, 9.17) is 0 Å². The summed E-state index contributed by atoms with van der Waals surface area (Å²) in [6, 6.07) is 6.21. The molecule has 0 saturated heterocycles. The molecule has 2 rings (SSSR count). The number of hydrogen-bond acceptors (Lipinski definition) is 4. The molecule has 1 aromatic carbocycles. The number of nitrogens with zero attached hydrogens (tertiary/aromatic N) is 2. The Hall–Kier alpha value is -2.64. The highest BCUT2D eigenvalue weighted by Gasteiger charge is 2.33. The van der Waals surface area contributed by atoms with Crippen LogP contribution < -0.4 is 10.6 Å². The lowest BCUT2D eigenvalue weighted by atomic mass is 10.1. The van der Waals surface area contributed by atoms with E-state index in [2.05, 4.69) is 20.6 Å². The average Bonchev–Trinajstić information content (AvgIpc) is 2.52. The van der Waals surface area contributed by atoms with Gasteiger partial charge in [0.2, 0.25) is 0 Å². The number of hydrogen-bond donors (Lipinski definition) is 2. The zero-order valence-corrected chi connectivity index (χ0v) is 13.2. The number of carbonyl (C=O) groups is 1. The summed E-state index contributed by atoms with van der Waals surface area (Å²) in [5, 5.41) is 5.29. The van der Waals surface area contributed by atoms with Gasteiger partial charge in [0.25, 0.3) is 5.91 Å². The fourth-order valence-electron chi connectivity index (χ4n) is 2.05. The molecule has 1 amide bonds. The Labute approximate surface area is 137 Å². The number of benzene rings is 1. The van der Waals surface area contributed by atoms with Crippen molar-refractivity contribution in [1.29, 1.82) is 0 Å². The smallest absolute Gasteiger partial charge is 0.370 e. The summed E-state index contributed by atoms with van der Waals surface area (Å²) in [6.07, 6.45) is -3.69. The Bertz CT molecular complexity index is 732. The highest BCUT2D eigenvalue weighted by Crippen LogP contribution is 2.34. The van der Waals surface area contributed by atoms with Gasteiger partial charge >= 0.3 is 6.18 Å². The van der Waals surface area contributed by atoms with Gasteiger partial charge in [0.1, 0.15) is 17.3 Å². The number of amides is 1. The summed E-state index contributed by atoms with van der Waals surface area (Å²) in [7, 11) is 0. The van der Waals surface area contributed by atoms with Gasteiger partial charge < -0.3 is 10.6 Å². The SMILES string of the molecule is CCCNc1cc(C(=O)Nc2ccccc2C(F)(F)F)nc(C)n1. The van der Waals surface area contributed by atoms with Crippen LogP contribution in [0.5, 0.6) is 0 Å². The lowest BCUT2D eigenvalue weighted by molar-refractivity contribution is -0.136. The van der Waals surface area contributed by atoms with Gasteiger partial charge in [-0.05, 0) is 25.5 Å². The Kier molecular flexibility index (Phi) is 5.38. The topological polar surface area (TPSA) is 66.9 Å². The second kappa shape index (κ2) is 7.29. The van der Waals surface area contributed by atoms with Crippen molar-refractivity contribution in [3.8, 4) is 0 Å². The van der Waals surface area contributed by atoms with Crippen LogP contribution in [0, 0.1) is 6.92 Å². The largest absolute Gasteiger partial charge is 0.418 e. The van der Waals surface area contributed by atoms with Crippen molar-refractivity contribution in [3.05, 3.63) is 47.4 Å². The summed E-state index contributed by atoms with van der Waals surface area (Å²) in [5.74, 6) is 0.0840. The Morgan fingerprint density at radius 2 is 1.92 bits per heavy atom. The molecule has 0 saturated carbocycles. The molecule has 2 aromatic rings. The van der Waals surface area contributed by atoms with Gasteiger partial charge in [-0.2, -0.15) is 13.2 Å². The van der Waals surface area contributed by atoms with Gasteiger partial charge in [-0.15, -0.1) is 0 Å². The average molecular weight is 338 g/mol. The number of para-hydroxylation sites is 1. The van der Waals surface area contributed by atoms with E-state index in [0.717, 1.165) is 12.5 Å². The molecular formula is C16H17F3N4O. The minimum atomic E-state index is -4.56. The predicted molar refractivity (Wildman–Crippen MR) is 84.9 cm³/mol. The third-order valence-electron chi connectivity index (χ3n) is 3.11. The minimum Gasteiger partial charge on any atom is -0.370 e. The van der Waals surface area contributed by atoms with E-state index in [1.807, 2.05) is 6.92 Å². The van der Waals surface area contributed by atoms with E-state index in [1.165, 1.54) is 24.3 Å². The number of nitrogens with one attached hydrogen (secondary N) is 2. The molecule has 1 heterocycles. The summed E-state index contributed by atoms with van der Waals surface area (Å²) < 4.78 is 38.9. The highest BCUT2D eigenvalue weighted by atomic mass is 19.4. The molecule has 8 heteroatoms. The normalized spacial score (nSPS) is 11.2. The predicted octanol–water partition coefficient (Wildman–Crippen LogP) is 3.88. The monoisotopic (exact) mass is 338 g/mol. The lowest BCUT2D eigenvalue weighted by Crippen LogP contribution is -2.19. The maximum Gasteiger partial charge on any atom is 0.418 e. The molecule has 0 aliphatic heterocycles. The van der Waals surface area contributed by atoms with Gasteiger partial charge in [-0.3, -0.25) is 4.79 Å². The molecule has 2 N–H and O–H groups in total. The van der Waals surface area contributed by atoms with Crippen LogP contribution in [0.1, 0.15) is 35.2 Å². The molecule has 0 aliphatic rings. The molecule has 0 bridgehead atoms. The maximum atomic E-state index is 13.0. The fraction of sp³-hybridized carbons (Fsp3) is 0.312. The van der Waals surface area contributed by atoms with Gasteiger partial charge in [-0.25, -0.2) is 9.97 Å². The number of carbonyl (C=O) groups excluding carboxylic acids is 1. The van der Waals surface area contributed by atoms with E-state index in [0.29, 0.717) is 18.2 Å². The molecule has 24 heavy (non-hydrogen) atoms. The van der Waals surface area contributed by atoms with Crippen LogP contribution in [0.2, 0.25) is 0 Å². The van der Waals surface area contributed by atoms with Crippen LogP contribution in [0.15, 0.2) is 30.3 Å². The number of aryl methyl sites for hydroxylation is 1. The van der Waals surface area contributed by atoms with E-state index in [9.17, 15) is 18.0 Å². The minimum absolute atomic E-state index is 0.00178. The van der Waals surface area contributed by atoms with Crippen LogP contribution in [-0.2, 0) is 6.18 Å². The van der Waals surface area contributed by atoms with E-state index in [1.54, 1.807) is 6.92 Å². The summed E-state index contributed by atoms with van der Waals surface area (Å²) in [4.78, 5) is 20.4. The number of aromatic nitrogens is 2. The molecule has 0 fully saturated rings. The molecule has 128 valence electrons. The summed E-state index contributed by atoms with van der Waals surface area (Å²) >= 11 is 0. The van der Waals surface area contributed by atoms with Crippen molar-refractivity contribution in [2.24, 2.45) is 0 Å². The van der Waals surface area contributed by atoms with Gasteiger partial charge in [0, 0.05) is 12.6 Å². The zero-order valence-electron chi connectivity index (χ0n) is 13.2. The quantitative estimate of drug-likeness (QED) is 0.868. The summed E-state index contributed by atoms with van der Waals surface area (Å²) in [5.41, 5.74) is -1.22. The number of halogens is 3. The van der Waals surface area contributed by atoms with Crippen LogP contribution in [0.4, 0.5) is 24.7 Å². The third kappa shape index (κ3) is 4.43. The molecule has 1 aromatic heterocycles. The van der Waals surface area contributed by atoms with Crippen molar-refractivity contribution in [2.45, 2.75) is 26.4 Å². The first-order valence-electron chi connectivity index (χ1n) is 7.38. The Morgan fingerprint density at radius 1 is 1.21 bits per heavy atom. The van der Waals surface area contributed by atoms with Crippen molar-refractivity contribution in [1.82, 2.24) is 9.97 Å². The molecular weight excluding hydrogens is 321 g/mol. The standard InChI is InChI=1S/C16H17F3N4O/c1-3-8-20-14-9-13(21-10(2)22-14)15(24)23-12-7-5-4-6-11(12)16(17,18)19/h4-7,9H,3,8H2,1-2H3,(H,23,24)(H,20,21,22). The first-order valence-corrected chi connectivity index (χ1v) is 7.38. The van der Waals surface area contributed by atoms with E-state index in [-0.39, 0.29) is 11.4 Å². The van der Waals surface area contributed by atoms with Crippen LogP contribution in [-0.4, -0.2) is 22.4 Å². The van der Waals surface area contributed by atoms with Gasteiger partial charge in [0.15, 0.2) is 0 Å². The molecule has 0 unspecified atom stereocenters. The second-order valence-electron chi connectivity index (χ2n) is 5.11. The highest BCUT2D eigenvalue weighted by molar-refractivity contribution is 6.03. The maximum absolute atomic E-state index is 13.0. The first-order chi connectivity index (χ1) is 11.3. The van der Waals surface area contributed by atoms with E-state index < -0.39 is 17.6 Å². The van der Waals surface area contributed by atoms with Crippen LogP contribution in [0.25, 0.3) is 0 Å². The first kappa shape index (κ1) is 17.7. The Morgan fingerprint density at radius 3 is 2.58 bits per heavy atom. The number of alkyl halides is 3. The van der Waals surface area contributed by atoms with Gasteiger partial charge in [-0.1, -0.05) is 19.1 Å². The number of anilines is 2. The number of rotatable bonds is 5. The van der Waals surface area contributed by atoms with Crippen molar-refractivity contribution in [3.63, 3.8) is 0 Å². The van der Waals surface area contributed by atoms with E-state index >= 15 is 0 Å². The van der Waals surface area contributed by atoms with Gasteiger partial charge in [0.05, 0.1) is 11.3 Å². The molecule has 5 nitrogen and oxygen atoms in total. The van der Waals surface area contributed by atoms with Crippen LogP contribution in [0.3, 0.4) is 0 Å². The molecule has 0 aliphatic carbocycles. The fourth-order valence-corrected chi connectivity index (χ4v) is 2.05. The van der Waals surface area contributed by atoms with Crippen molar-refractivity contribution in [2.75, 3.05) is 17.2 Å². The molecule has 0 atom stereocenters. The second-order valence-corrected chi connectivity index (χ2v) is 5.11. The van der Waals surface area contributed by atoms with Crippen molar-refractivity contribution >= 4 is 17.4 Å². The molecule has 0 spiro atoms. The molecule has 0 radical (unpaired) electrons. The third-order valence-corrected chi connectivity index (χ3v) is 3.11. The Balaban J connectivity index is 2.26. The van der Waals surface area contributed by atoms with Crippen molar-refractivity contribution < 1.29 is 18.0 Å². The summed E-state index contributed by atoms with van der Waals surface area (Å²) in [6.45, 7) is 4.24. The lowest BCUT2D eigenvalue weighted by Gasteiger charge is -2.13. The zero-order chi connectivity index (χ0) is 17.7. The van der Waals surface area contributed by atoms with Crippen LogP contribution >= 0.6 is 0 Å².